The summed E-state index contributed by atoms with van der Waals surface area (Å²) < 4.78 is 25.5. The van der Waals surface area contributed by atoms with E-state index in [1.54, 1.807) is 22.8 Å². The van der Waals surface area contributed by atoms with Gasteiger partial charge in [0.1, 0.15) is 5.82 Å². The summed E-state index contributed by atoms with van der Waals surface area (Å²) in [6.07, 6.45) is 0.734. The van der Waals surface area contributed by atoms with Crippen molar-refractivity contribution in [2.75, 3.05) is 20.8 Å². The average molecular weight is 575 g/mol. The minimum absolute atomic E-state index is 0.0262. The number of Topliss-reactive ketones (excluding diaryl/α,β-unsaturated/α-hetero) is 2. The van der Waals surface area contributed by atoms with Crippen LogP contribution in [0.5, 0.6) is 11.5 Å². The number of ether oxygens (including phenoxy) is 2. The number of pyridine rings is 1. The summed E-state index contributed by atoms with van der Waals surface area (Å²) in [5, 5.41) is 11.7. The molecule has 0 atom stereocenters. The summed E-state index contributed by atoms with van der Waals surface area (Å²) >= 11 is 0. The minimum Gasteiger partial charge on any atom is -0.493 e. The van der Waals surface area contributed by atoms with E-state index < -0.39 is 46.7 Å². The normalized spacial score (nSPS) is 10.7. The number of hydrogen-bond acceptors (Lipinski definition) is 7. The molecular formula is C31H27FN2O8. The van der Waals surface area contributed by atoms with E-state index in [0.29, 0.717) is 29.0 Å². The molecule has 0 aliphatic carbocycles. The van der Waals surface area contributed by atoms with Gasteiger partial charge in [0.15, 0.2) is 22.7 Å². The Balaban J connectivity index is 1.64. The number of amides is 1. The lowest BCUT2D eigenvalue weighted by molar-refractivity contribution is -0.148. The lowest BCUT2D eigenvalue weighted by Crippen LogP contribution is -2.27. The molecule has 42 heavy (non-hydrogen) atoms. The van der Waals surface area contributed by atoms with Crippen molar-refractivity contribution in [2.24, 2.45) is 0 Å². The quantitative estimate of drug-likeness (QED) is 0.149. The number of benzene rings is 3. The van der Waals surface area contributed by atoms with Crippen molar-refractivity contribution >= 4 is 34.3 Å². The molecular weight excluding hydrogens is 547 g/mol. The Morgan fingerprint density at radius 1 is 0.905 bits per heavy atom. The van der Waals surface area contributed by atoms with Gasteiger partial charge in [-0.25, -0.2) is 9.18 Å². The second-order valence-electron chi connectivity index (χ2n) is 9.38. The topological polar surface area (TPSA) is 141 Å². The van der Waals surface area contributed by atoms with E-state index >= 15 is 0 Å². The zero-order valence-corrected chi connectivity index (χ0v) is 22.8. The lowest BCUT2D eigenvalue weighted by atomic mass is 10.0. The van der Waals surface area contributed by atoms with Gasteiger partial charge >= 0.3 is 5.97 Å². The highest BCUT2D eigenvalue weighted by Crippen LogP contribution is 2.27. The standard InChI is InChI=1S/C31H27FN2O8/c1-41-27-10-5-18(13-28(27)42-2)11-12-33-30(38)20-6-9-24-22(14-20)29(37)23(25(35)15-26(36)31(39)40)17-34(24)16-19-3-7-21(32)8-4-19/h3-10,13-14,17H,11-12,15-16H2,1-2H3,(H,33,38)(H,39,40). The van der Waals surface area contributed by atoms with Crippen LogP contribution in [-0.4, -0.2) is 53.9 Å². The third-order valence-corrected chi connectivity index (χ3v) is 6.62. The van der Waals surface area contributed by atoms with Crippen LogP contribution < -0.4 is 20.2 Å². The van der Waals surface area contributed by atoms with Crippen LogP contribution >= 0.6 is 0 Å². The van der Waals surface area contributed by atoms with Gasteiger partial charge in [0.25, 0.3) is 5.91 Å². The first-order valence-electron chi connectivity index (χ1n) is 12.8. The molecule has 1 aromatic heterocycles. The zero-order valence-electron chi connectivity index (χ0n) is 22.8. The largest absolute Gasteiger partial charge is 0.493 e. The number of fused-ring (bicyclic) bond motifs is 1. The molecule has 0 spiro atoms. The predicted octanol–water partition coefficient (Wildman–Crippen LogP) is 3.41. The summed E-state index contributed by atoms with van der Waals surface area (Å²) in [7, 11) is 3.06. The molecule has 216 valence electrons. The fourth-order valence-electron chi connectivity index (χ4n) is 4.43. The molecule has 0 bridgehead atoms. The van der Waals surface area contributed by atoms with Crippen molar-refractivity contribution in [2.45, 2.75) is 19.4 Å². The summed E-state index contributed by atoms with van der Waals surface area (Å²) in [4.78, 5) is 61.8. The number of halogens is 1. The summed E-state index contributed by atoms with van der Waals surface area (Å²) in [5.41, 5.74) is 0.945. The van der Waals surface area contributed by atoms with Gasteiger partial charge in [-0.2, -0.15) is 0 Å². The number of nitrogens with one attached hydrogen (secondary N) is 1. The fraction of sp³-hybridized carbons (Fsp3) is 0.194. The molecule has 4 aromatic rings. The van der Waals surface area contributed by atoms with Gasteiger partial charge in [-0.3, -0.25) is 19.2 Å². The molecule has 0 aliphatic rings. The van der Waals surface area contributed by atoms with Crippen LogP contribution in [0.2, 0.25) is 0 Å². The van der Waals surface area contributed by atoms with Crippen LogP contribution in [0.3, 0.4) is 0 Å². The van der Waals surface area contributed by atoms with E-state index in [2.05, 4.69) is 5.32 Å². The van der Waals surface area contributed by atoms with E-state index in [4.69, 9.17) is 14.6 Å². The molecule has 0 unspecified atom stereocenters. The second kappa shape index (κ2) is 12.9. The van der Waals surface area contributed by atoms with Gasteiger partial charge in [-0.15, -0.1) is 0 Å². The molecule has 11 heteroatoms. The monoisotopic (exact) mass is 574 g/mol. The number of aliphatic carboxylic acids is 1. The van der Waals surface area contributed by atoms with Crippen molar-refractivity contribution in [3.05, 3.63) is 105 Å². The number of carbonyl (C=O) groups is 4. The van der Waals surface area contributed by atoms with Gasteiger partial charge in [0, 0.05) is 30.2 Å². The van der Waals surface area contributed by atoms with Gasteiger partial charge in [0.05, 0.1) is 31.7 Å². The van der Waals surface area contributed by atoms with E-state index in [1.165, 1.54) is 56.8 Å². The SMILES string of the molecule is COc1ccc(CCNC(=O)c2ccc3c(c2)c(=O)c(C(=O)CC(=O)C(=O)O)cn3Cc2ccc(F)cc2)cc1OC. The highest BCUT2D eigenvalue weighted by molar-refractivity contribution is 6.37. The third kappa shape index (κ3) is 6.69. The van der Waals surface area contributed by atoms with Gasteiger partial charge < -0.3 is 24.5 Å². The van der Waals surface area contributed by atoms with Crippen LogP contribution in [0, 0.1) is 5.82 Å². The predicted molar refractivity (Wildman–Crippen MR) is 151 cm³/mol. The maximum atomic E-state index is 13.4. The van der Waals surface area contributed by atoms with E-state index in [0.717, 1.165) is 5.56 Å². The van der Waals surface area contributed by atoms with Gasteiger partial charge in [-0.05, 0) is 60.0 Å². The first-order valence-corrected chi connectivity index (χ1v) is 12.8. The van der Waals surface area contributed by atoms with Crippen molar-refractivity contribution in [1.29, 1.82) is 0 Å². The summed E-state index contributed by atoms with van der Waals surface area (Å²) in [6.45, 7) is 0.401. The Labute approximate surface area is 239 Å². The van der Waals surface area contributed by atoms with E-state index in [9.17, 15) is 28.4 Å². The van der Waals surface area contributed by atoms with Crippen LogP contribution in [0.4, 0.5) is 4.39 Å². The van der Waals surface area contributed by atoms with Gasteiger partial charge in [-0.1, -0.05) is 18.2 Å². The minimum atomic E-state index is -1.79. The molecule has 4 rings (SSSR count). The highest BCUT2D eigenvalue weighted by atomic mass is 19.1. The van der Waals surface area contributed by atoms with Crippen molar-refractivity contribution < 1.29 is 38.1 Å². The molecule has 0 aliphatic heterocycles. The number of carboxylic acids is 1. The number of nitrogens with zero attached hydrogens (tertiary/aromatic N) is 1. The lowest BCUT2D eigenvalue weighted by Gasteiger charge is -2.14. The Kier molecular flexibility index (Phi) is 9.11. The molecule has 2 N–H and O–H groups in total. The number of methoxy groups -OCH3 is 2. The van der Waals surface area contributed by atoms with Gasteiger partial charge in [0.2, 0.25) is 5.78 Å². The number of carbonyl (C=O) groups excluding carboxylic acids is 3. The molecule has 0 saturated carbocycles. The van der Waals surface area contributed by atoms with Crippen LogP contribution in [0.15, 0.2) is 71.7 Å². The smallest absolute Gasteiger partial charge is 0.372 e. The molecule has 1 amide bonds. The Morgan fingerprint density at radius 3 is 2.26 bits per heavy atom. The van der Waals surface area contributed by atoms with Crippen LogP contribution in [0.25, 0.3) is 10.9 Å². The van der Waals surface area contributed by atoms with Crippen LogP contribution in [0.1, 0.15) is 38.3 Å². The Hall–Kier alpha value is -5.32. The van der Waals surface area contributed by atoms with Crippen LogP contribution in [-0.2, 0) is 22.6 Å². The number of hydrogen-bond donors (Lipinski definition) is 2. The zero-order chi connectivity index (χ0) is 30.4. The average Bonchev–Trinajstić information content (AvgIpc) is 2.99. The number of rotatable bonds is 12. The number of aromatic nitrogens is 1. The Morgan fingerprint density at radius 2 is 1.60 bits per heavy atom. The van der Waals surface area contributed by atoms with Crippen molar-refractivity contribution in [3.63, 3.8) is 0 Å². The maximum absolute atomic E-state index is 13.4. The molecule has 0 saturated heterocycles. The summed E-state index contributed by atoms with van der Waals surface area (Å²) in [6, 6.07) is 15.5. The van der Waals surface area contributed by atoms with Crippen molar-refractivity contribution in [3.8, 4) is 11.5 Å². The third-order valence-electron chi connectivity index (χ3n) is 6.62. The number of ketones is 2. The Bertz CT molecular complexity index is 1740. The molecule has 10 nitrogen and oxygen atoms in total. The molecule has 0 radical (unpaired) electrons. The summed E-state index contributed by atoms with van der Waals surface area (Å²) in [5.74, 6) is -3.87. The fourth-order valence-corrected chi connectivity index (χ4v) is 4.43. The highest BCUT2D eigenvalue weighted by Gasteiger charge is 2.22. The van der Waals surface area contributed by atoms with E-state index in [-0.39, 0.29) is 24.0 Å². The molecule has 0 fully saturated rings. The molecule has 3 aromatic carbocycles. The maximum Gasteiger partial charge on any atom is 0.372 e. The number of carboxylic acid groups (broad SMARTS) is 1. The first kappa shape index (κ1) is 29.7. The first-order chi connectivity index (χ1) is 20.1. The van der Waals surface area contributed by atoms with Crippen molar-refractivity contribution in [1.82, 2.24) is 9.88 Å². The molecule has 1 heterocycles. The van der Waals surface area contributed by atoms with E-state index in [1.807, 2.05) is 6.07 Å². The second-order valence-corrected chi connectivity index (χ2v) is 9.38.